The number of hydrogen-bond donors (Lipinski definition) is 0. The second-order valence-corrected chi connectivity index (χ2v) is 7.77. The number of pyridine rings is 1. The van der Waals surface area contributed by atoms with Crippen molar-refractivity contribution in [2.24, 2.45) is 4.99 Å². The van der Waals surface area contributed by atoms with Crippen LogP contribution in [0, 0.1) is 5.82 Å². The number of halogens is 2. The fraction of sp³-hybridized carbons (Fsp3) is 0.100. The Bertz CT molecular complexity index is 1030. The number of aromatic nitrogens is 1. The number of methoxy groups -OCH3 is 1. The summed E-state index contributed by atoms with van der Waals surface area (Å²) in [5.74, 6) is 0.144. The molecule has 1 aliphatic rings. The number of anilines is 2. The average Bonchev–Trinajstić information content (AvgIpc) is 2.70. The zero-order valence-electron chi connectivity index (χ0n) is 14.4. The van der Waals surface area contributed by atoms with Crippen molar-refractivity contribution in [2.45, 2.75) is 4.83 Å². The van der Waals surface area contributed by atoms with E-state index < -0.39 is 5.82 Å². The molecule has 0 radical (unpaired) electrons. The molecule has 4 rings (SSSR count). The minimum absolute atomic E-state index is 0.0748. The first-order valence-corrected chi connectivity index (χ1v) is 10.0. The first-order chi connectivity index (χ1) is 13.1. The average molecular weight is 444 g/mol. The number of rotatable bonds is 3. The molecule has 27 heavy (non-hydrogen) atoms. The number of hydrogen-bond acceptors (Lipinski definition) is 4. The molecule has 1 aliphatic heterocycles. The minimum atomic E-state index is -0.436. The van der Waals surface area contributed by atoms with Gasteiger partial charge in [-0.2, -0.15) is 0 Å². The van der Waals surface area contributed by atoms with Gasteiger partial charge in [-0.25, -0.2) is 0 Å². The Labute approximate surface area is 170 Å². The summed E-state index contributed by atoms with van der Waals surface area (Å²) >= 11 is 7.48. The summed E-state index contributed by atoms with van der Waals surface area (Å²) in [6, 6.07) is 14.7. The van der Waals surface area contributed by atoms with E-state index in [4.69, 9.17) is 16.3 Å². The standard InChI is InChI=1S/C20H16AsClFN3O/c1-27-19-7-3-13(10-24-19)12-2-6-18-15(8-12)20(21)25-11-26(18)14-4-5-17(23)16(22)9-14/h2-11,20H,21H2,1H3. The van der Waals surface area contributed by atoms with E-state index in [-0.39, 0.29) is 9.85 Å². The third-order valence-corrected chi connectivity index (χ3v) is 5.81. The molecule has 0 fully saturated rings. The molecule has 136 valence electrons. The van der Waals surface area contributed by atoms with Crippen molar-refractivity contribution >= 4 is 46.2 Å². The van der Waals surface area contributed by atoms with Crippen molar-refractivity contribution in [3.05, 3.63) is 71.1 Å². The molecule has 2 atom stereocenters. The molecule has 0 aliphatic carbocycles. The molecule has 2 heterocycles. The zero-order valence-corrected chi connectivity index (χ0v) is 17.6. The molecule has 0 saturated heterocycles. The van der Waals surface area contributed by atoms with Gasteiger partial charge in [0.25, 0.3) is 0 Å². The van der Waals surface area contributed by atoms with Gasteiger partial charge in [-0.15, -0.1) is 0 Å². The van der Waals surface area contributed by atoms with Gasteiger partial charge in [0, 0.05) is 0 Å². The number of benzene rings is 2. The normalized spacial score (nSPS) is 15.6. The van der Waals surface area contributed by atoms with E-state index in [0.717, 1.165) is 28.1 Å². The van der Waals surface area contributed by atoms with Crippen LogP contribution < -0.4 is 9.64 Å². The van der Waals surface area contributed by atoms with Gasteiger partial charge in [0.2, 0.25) is 0 Å². The van der Waals surface area contributed by atoms with Crippen LogP contribution in [0.25, 0.3) is 11.1 Å². The van der Waals surface area contributed by atoms with E-state index >= 15 is 0 Å². The van der Waals surface area contributed by atoms with E-state index in [1.807, 2.05) is 29.2 Å². The summed E-state index contributed by atoms with van der Waals surface area (Å²) in [7, 11) is 1.60. The maximum atomic E-state index is 13.5. The first kappa shape index (κ1) is 18.0. The molecule has 2 unspecified atom stereocenters. The molecule has 0 bridgehead atoms. The van der Waals surface area contributed by atoms with E-state index in [2.05, 4.69) is 16.0 Å². The van der Waals surface area contributed by atoms with E-state index in [1.165, 1.54) is 22.9 Å². The Morgan fingerprint density at radius 1 is 1.11 bits per heavy atom. The van der Waals surface area contributed by atoms with Crippen molar-refractivity contribution in [3.63, 3.8) is 0 Å². The number of ether oxygens (including phenoxy) is 1. The molecule has 7 heteroatoms. The number of nitrogens with zero attached hydrogens (tertiary/aromatic N) is 3. The summed E-state index contributed by atoms with van der Waals surface area (Å²) in [6.45, 7) is 0. The van der Waals surface area contributed by atoms with Crippen LogP contribution in [-0.2, 0) is 0 Å². The second-order valence-electron chi connectivity index (χ2n) is 6.04. The maximum absolute atomic E-state index is 13.5. The first-order valence-electron chi connectivity index (χ1n) is 8.24. The van der Waals surface area contributed by atoms with Gasteiger partial charge >= 0.3 is 170 Å². The van der Waals surface area contributed by atoms with Gasteiger partial charge in [0.05, 0.1) is 0 Å². The van der Waals surface area contributed by atoms with Gasteiger partial charge in [-0.05, 0) is 0 Å². The molecule has 2 aromatic carbocycles. The Balaban J connectivity index is 1.75. The molecular formula is C20H16AsClFN3O. The predicted octanol–water partition coefficient (Wildman–Crippen LogP) is 4.36. The molecule has 4 nitrogen and oxygen atoms in total. The van der Waals surface area contributed by atoms with Crippen molar-refractivity contribution < 1.29 is 9.13 Å². The molecule has 3 aromatic rings. The molecule has 0 N–H and O–H groups in total. The summed E-state index contributed by atoms with van der Waals surface area (Å²) in [4.78, 5) is 10.9. The molecule has 0 saturated carbocycles. The molecular weight excluding hydrogens is 428 g/mol. The monoisotopic (exact) mass is 443 g/mol. The molecule has 0 amide bonds. The SMILES string of the molecule is COc1ccc(-c2ccc3c(c2)C([AsH2])N=CN3c2ccc(F)c(Cl)c2)cn1. The van der Waals surface area contributed by atoms with Crippen molar-refractivity contribution in [1.29, 1.82) is 0 Å². The van der Waals surface area contributed by atoms with Gasteiger partial charge in [0.1, 0.15) is 0 Å². The van der Waals surface area contributed by atoms with Crippen molar-refractivity contribution in [3.8, 4) is 17.0 Å². The predicted molar refractivity (Wildman–Crippen MR) is 110 cm³/mol. The van der Waals surface area contributed by atoms with Gasteiger partial charge < -0.3 is 0 Å². The van der Waals surface area contributed by atoms with Crippen LogP contribution in [0.1, 0.15) is 10.4 Å². The van der Waals surface area contributed by atoms with E-state index in [0.29, 0.717) is 5.88 Å². The van der Waals surface area contributed by atoms with Crippen LogP contribution in [0.2, 0.25) is 5.02 Å². The summed E-state index contributed by atoms with van der Waals surface area (Å²) in [6.07, 6.45) is 3.56. The third-order valence-electron chi connectivity index (χ3n) is 4.41. The second kappa shape index (κ2) is 7.34. The summed E-state index contributed by atoms with van der Waals surface area (Å²) in [5, 5.41) is 0.0891. The Morgan fingerprint density at radius 2 is 1.93 bits per heavy atom. The Kier molecular flexibility index (Phi) is 4.90. The fourth-order valence-electron chi connectivity index (χ4n) is 2.98. The van der Waals surface area contributed by atoms with Gasteiger partial charge in [-0.1, -0.05) is 0 Å². The topological polar surface area (TPSA) is 37.7 Å². The molecule has 0 spiro atoms. The van der Waals surface area contributed by atoms with Crippen LogP contribution in [-0.4, -0.2) is 35.3 Å². The fourth-order valence-corrected chi connectivity index (χ4v) is 3.88. The van der Waals surface area contributed by atoms with Crippen molar-refractivity contribution in [2.75, 3.05) is 12.0 Å². The molecule has 1 aromatic heterocycles. The van der Waals surface area contributed by atoms with E-state index in [1.54, 1.807) is 31.8 Å². The van der Waals surface area contributed by atoms with Crippen LogP contribution in [0.3, 0.4) is 0 Å². The van der Waals surface area contributed by atoms with Crippen LogP contribution in [0.15, 0.2) is 59.7 Å². The van der Waals surface area contributed by atoms with E-state index in [9.17, 15) is 4.39 Å². The van der Waals surface area contributed by atoms with Crippen LogP contribution in [0.5, 0.6) is 5.88 Å². The summed E-state index contributed by atoms with van der Waals surface area (Å²) < 4.78 is 18.6. The van der Waals surface area contributed by atoms with Gasteiger partial charge in [0.15, 0.2) is 0 Å². The Morgan fingerprint density at radius 3 is 2.63 bits per heavy atom. The number of fused-ring (bicyclic) bond motifs is 1. The quantitative estimate of drug-likeness (QED) is 0.565. The zero-order chi connectivity index (χ0) is 19.0. The van der Waals surface area contributed by atoms with Crippen LogP contribution >= 0.6 is 11.6 Å². The van der Waals surface area contributed by atoms with Crippen LogP contribution in [0.4, 0.5) is 15.8 Å². The third kappa shape index (κ3) is 3.45. The number of aliphatic imine (C=N–C) groups is 1. The Hall–Kier alpha value is -2.36. The summed E-state index contributed by atoms with van der Waals surface area (Å²) in [5.41, 5.74) is 4.94. The van der Waals surface area contributed by atoms with Gasteiger partial charge in [-0.3, -0.25) is 0 Å². The van der Waals surface area contributed by atoms with Crippen molar-refractivity contribution in [1.82, 2.24) is 4.98 Å².